The summed E-state index contributed by atoms with van der Waals surface area (Å²) in [4.78, 5) is 61.8. The summed E-state index contributed by atoms with van der Waals surface area (Å²) in [5.41, 5.74) is 0. The molecule has 210 valence electrons. The van der Waals surface area contributed by atoms with E-state index in [1.807, 2.05) is 0 Å². The van der Waals surface area contributed by atoms with Crippen LogP contribution in [0.15, 0.2) is 0 Å². The van der Waals surface area contributed by atoms with E-state index in [0.29, 0.717) is 19.6 Å². The number of carbonyl (C=O) groups excluding carboxylic acids is 4. The second-order valence-electron chi connectivity index (χ2n) is 7.31. The molecule has 14 heteroatoms. The van der Waals surface area contributed by atoms with Crippen LogP contribution in [0.2, 0.25) is 0 Å². The van der Waals surface area contributed by atoms with Gasteiger partial charge in [0.2, 0.25) is 0 Å². The van der Waals surface area contributed by atoms with E-state index in [4.69, 9.17) is 15.0 Å². The van der Waals surface area contributed by atoms with Gasteiger partial charge >= 0.3 is 18.2 Å². The molecule has 1 rings (SSSR count). The van der Waals surface area contributed by atoms with Crippen molar-refractivity contribution < 1.29 is 57.9 Å². The minimum atomic E-state index is -0.833. The molecule has 14 nitrogen and oxygen atoms in total. The van der Waals surface area contributed by atoms with Crippen LogP contribution >= 0.6 is 0 Å². The van der Waals surface area contributed by atoms with Gasteiger partial charge in [-0.25, -0.2) is 9.59 Å². The van der Waals surface area contributed by atoms with Crippen LogP contribution in [0.25, 0.3) is 0 Å². The number of carboxylic acids is 2. The predicted molar refractivity (Wildman–Crippen MR) is 126 cm³/mol. The average Bonchev–Trinajstić information content (AvgIpc) is 3.25. The van der Waals surface area contributed by atoms with Crippen molar-refractivity contribution >= 4 is 35.7 Å². The van der Waals surface area contributed by atoms with Crippen LogP contribution < -0.4 is 10.6 Å². The maximum absolute atomic E-state index is 11.0. The van der Waals surface area contributed by atoms with Crippen molar-refractivity contribution in [1.82, 2.24) is 10.6 Å². The van der Waals surface area contributed by atoms with Gasteiger partial charge in [0.25, 0.3) is 5.97 Å². The molecule has 0 spiro atoms. The minimum Gasteiger partial charge on any atom is -0.481 e. The molecule has 0 heterocycles. The lowest BCUT2D eigenvalue weighted by Gasteiger charge is -2.10. The molecule has 0 aromatic carbocycles. The van der Waals surface area contributed by atoms with Crippen LogP contribution in [-0.2, 0) is 38.1 Å². The van der Waals surface area contributed by atoms with E-state index in [0.717, 1.165) is 19.8 Å². The van der Waals surface area contributed by atoms with Crippen molar-refractivity contribution in [3.63, 3.8) is 0 Å². The summed E-state index contributed by atoms with van der Waals surface area (Å²) < 4.78 is 18.7. The number of aliphatic carboxylic acids is 2. The van der Waals surface area contributed by atoms with E-state index in [1.54, 1.807) is 0 Å². The van der Waals surface area contributed by atoms with E-state index < -0.39 is 30.0 Å². The molecule has 0 saturated heterocycles. The van der Waals surface area contributed by atoms with Gasteiger partial charge in [-0.2, -0.15) is 0 Å². The number of hydrogen-bond donors (Lipinski definition) is 4. The maximum atomic E-state index is 11.0. The van der Waals surface area contributed by atoms with E-state index in [1.165, 1.54) is 35.0 Å². The Morgan fingerprint density at radius 3 is 1.36 bits per heavy atom. The van der Waals surface area contributed by atoms with Crippen molar-refractivity contribution in [2.45, 2.75) is 47.0 Å². The van der Waals surface area contributed by atoms with Gasteiger partial charge in [-0.15, -0.1) is 0 Å². The van der Waals surface area contributed by atoms with Crippen molar-refractivity contribution in [2.24, 2.45) is 11.8 Å². The number of ketones is 2. The van der Waals surface area contributed by atoms with Crippen LogP contribution in [0.5, 0.6) is 0 Å². The molecule has 0 aromatic rings. The van der Waals surface area contributed by atoms with Gasteiger partial charge in [0.05, 0.1) is 25.8 Å². The lowest BCUT2D eigenvalue weighted by atomic mass is 9.93. The van der Waals surface area contributed by atoms with Gasteiger partial charge in [-0.3, -0.25) is 14.4 Å². The Labute approximate surface area is 211 Å². The monoisotopic (exact) mass is 524 g/mol. The summed E-state index contributed by atoms with van der Waals surface area (Å²) in [5, 5.41) is 20.7. The molecule has 2 unspecified atom stereocenters. The summed E-state index contributed by atoms with van der Waals surface area (Å²) in [6.45, 7) is 6.49. The smallest absolute Gasteiger partial charge is 0.408 e. The number of carbonyl (C=O) groups is 6. The largest absolute Gasteiger partial charge is 0.481 e. The Morgan fingerprint density at radius 2 is 1.08 bits per heavy atom. The number of nitrogens with one attached hydrogen (secondary N) is 2. The van der Waals surface area contributed by atoms with Gasteiger partial charge < -0.3 is 44.6 Å². The van der Waals surface area contributed by atoms with Crippen molar-refractivity contribution in [1.29, 1.82) is 0 Å². The number of methoxy groups -OCH3 is 2. The van der Waals surface area contributed by atoms with Gasteiger partial charge in [0.15, 0.2) is 0 Å². The third-order valence-corrected chi connectivity index (χ3v) is 3.86. The van der Waals surface area contributed by atoms with Crippen LogP contribution in [-0.4, -0.2) is 93.2 Å². The summed E-state index contributed by atoms with van der Waals surface area (Å²) >= 11 is 0. The summed E-state index contributed by atoms with van der Waals surface area (Å²) in [5.74, 6) is -2.09. The van der Waals surface area contributed by atoms with E-state index in [9.17, 15) is 24.0 Å². The molecule has 1 aliphatic rings. The standard InChI is InChI=1S/C9H18N2O6.C8H12O3.C3H6O.C2H4O2/c1-14-3-5-16-8(12)10-7-11-9(13)17-6-4-15-2;1-5(9)6-3-2-4-7(6)8(10)11;1-3(2)4;1-2(3)4/h3-7H2,1-2H3,(H,10,12)(H,11,13);6-7H,2-4H2,1H3,(H,10,11);1-2H3;1H3,(H,3,4). The Balaban J connectivity index is -0.000000485. The highest BCUT2D eigenvalue weighted by Gasteiger charge is 2.35. The maximum Gasteiger partial charge on any atom is 0.408 e. The number of Topliss-reactive ketones (excluding diaryl/α,β-unsaturated/α-hetero) is 2. The molecular formula is C22H40N2O12. The average molecular weight is 525 g/mol. The zero-order valence-electron chi connectivity index (χ0n) is 21.8. The molecule has 0 aliphatic heterocycles. The minimum absolute atomic E-state index is 0.0231. The summed E-state index contributed by atoms with van der Waals surface area (Å²) in [7, 11) is 3.00. The number of amides is 2. The highest BCUT2D eigenvalue weighted by Crippen LogP contribution is 2.32. The molecular weight excluding hydrogens is 484 g/mol. The third kappa shape index (κ3) is 28.8. The molecule has 36 heavy (non-hydrogen) atoms. The van der Waals surface area contributed by atoms with Gasteiger partial charge in [-0.05, 0) is 33.6 Å². The van der Waals surface area contributed by atoms with E-state index in [2.05, 4.69) is 29.6 Å². The zero-order valence-corrected chi connectivity index (χ0v) is 21.8. The topological polar surface area (TPSA) is 204 Å². The molecule has 0 aromatic heterocycles. The molecule has 4 N–H and O–H groups in total. The number of rotatable bonds is 10. The molecule has 0 bridgehead atoms. The molecule has 2 atom stereocenters. The van der Waals surface area contributed by atoms with Gasteiger partial charge in [-0.1, -0.05) is 6.42 Å². The Hall–Kier alpha value is -3.26. The van der Waals surface area contributed by atoms with Crippen LogP contribution in [0.1, 0.15) is 47.0 Å². The normalized spacial score (nSPS) is 15.2. The number of alkyl carbamates (subject to hydrolysis) is 2. The first-order valence-corrected chi connectivity index (χ1v) is 11.0. The second-order valence-corrected chi connectivity index (χ2v) is 7.31. The van der Waals surface area contributed by atoms with Crippen molar-refractivity contribution in [3.8, 4) is 0 Å². The number of hydrogen-bond acceptors (Lipinski definition) is 10. The fourth-order valence-electron chi connectivity index (χ4n) is 2.47. The molecule has 1 fully saturated rings. The molecule has 1 aliphatic carbocycles. The highest BCUT2D eigenvalue weighted by molar-refractivity contribution is 5.85. The Bertz CT molecular complexity index is 607. The first kappa shape index (κ1) is 37.3. The number of ether oxygens (including phenoxy) is 4. The Morgan fingerprint density at radius 1 is 0.722 bits per heavy atom. The van der Waals surface area contributed by atoms with Crippen molar-refractivity contribution in [2.75, 3.05) is 47.3 Å². The number of carboxylic acid groups (broad SMARTS) is 2. The predicted octanol–water partition coefficient (Wildman–Crippen LogP) is 1.45. The van der Waals surface area contributed by atoms with E-state index >= 15 is 0 Å². The van der Waals surface area contributed by atoms with Gasteiger partial charge in [0.1, 0.15) is 24.8 Å². The fourth-order valence-corrected chi connectivity index (χ4v) is 2.47. The Kier molecular flexibility index (Phi) is 25.7. The first-order chi connectivity index (χ1) is 16.8. The van der Waals surface area contributed by atoms with Crippen LogP contribution in [0.4, 0.5) is 9.59 Å². The summed E-state index contributed by atoms with van der Waals surface area (Å²) in [6.07, 6.45) is 1.02. The van der Waals surface area contributed by atoms with Crippen LogP contribution in [0.3, 0.4) is 0 Å². The highest BCUT2D eigenvalue weighted by atomic mass is 16.6. The molecule has 2 amide bonds. The SMILES string of the molecule is CC(=O)C1CCCC1C(=O)O.CC(=O)O.CC(C)=O.COCCOC(=O)NCNC(=O)OCCOC. The summed E-state index contributed by atoms with van der Waals surface area (Å²) in [6, 6.07) is 0. The molecule has 0 radical (unpaired) electrons. The van der Waals surface area contributed by atoms with Gasteiger partial charge in [0, 0.05) is 27.1 Å². The fraction of sp³-hybridized carbons (Fsp3) is 0.727. The third-order valence-electron chi connectivity index (χ3n) is 3.86. The lowest BCUT2D eigenvalue weighted by Crippen LogP contribution is -2.38. The van der Waals surface area contributed by atoms with E-state index in [-0.39, 0.29) is 37.4 Å². The lowest BCUT2D eigenvalue weighted by molar-refractivity contribution is -0.145. The quantitative estimate of drug-likeness (QED) is 0.237. The molecule has 1 saturated carbocycles. The second kappa shape index (κ2) is 24.9. The zero-order chi connectivity index (χ0) is 28.5. The van der Waals surface area contributed by atoms with Crippen molar-refractivity contribution in [3.05, 3.63) is 0 Å². The van der Waals surface area contributed by atoms with Crippen LogP contribution in [0, 0.1) is 11.8 Å². The first-order valence-electron chi connectivity index (χ1n) is 11.0.